The fraction of sp³-hybridized carbons (Fsp3) is 0.463. The maximum Gasteiger partial charge on any atom is 0.433 e. The van der Waals surface area contributed by atoms with Gasteiger partial charge in [-0.1, -0.05) is 18.2 Å². The number of amides is 4. The fourth-order valence-corrected chi connectivity index (χ4v) is 9.29. The van der Waals surface area contributed by atoms with Gasteiger partial charge in [0.1, 0.15) is 23.2 Å². The molecular weight excluding hydrogens is 743 g/mol. The molecule has 4 amide bonds. The van der Waals surface area contributed by atoms with Crippen LogP contribution in [0.5, 0.6) is 5.75 Å². The van der Waals surface area contributed by atoms with Crippen molar-refractivity contribution in [2.75, 3.05) is 32.1 Å². The van der Waals surface area contributed by atoms with Crippen molar-refractivity contribution in [3.63, 3.8) is 0 Å². The van der Waals surface area contributed by atoms with Gasteiger partial charge in [-0.3, -0.25) is 33.6 Å². The number of methoxy groups -OCH3 is 1. The van der Waals surface area contributed by atoms with E-state index in [0.717, 1.165) is 81.4 Å². The molecule has 1 saturated carbocycles. The van der Waals surface area contributed by atoms with Crippen LogP contribution < -0.4 is 21.1 Å². The molecule has 13 nitrogen and oxygen atoms in total. The molecule has 57 heavy (non-hydrogen) atoms. The highest BCUT2D eigenvalue weighted by Gasteiger charge is 2.38. The number of ether oxygens (including phenoxy) is 1. The Morgan fingerprint density at radius 2 is 1.70 bits per heavy atom. The Morgan fingerprint density at radius 3 is 2.40 bits per heavy atom. The van der Waals surface area contributed by atoms with Gasteiger partial charge in [0, 0.05) is 38.2 Å². The number of likely N-dealkylation sites (tertiary alicyclic amines) is 1. The number of carbonyl (C=O) groups is 4. The molecule has 300 valence electrons. The number of carbonyl (C=O) groups excluding carboxylic acids is 4. The number of benzene rings is 2. The predicted octanol–water partition coefficient (Wildman–Crippen LogP) is 5.39. The first-order chi connectivity index (χ1) is 27.3. The van der Waals surface area contributed by atoms with Crippen molar-refractivity contribution in [3.05, 3.63) is 87.1 Å². The zero-order chi connectivity index (χ0) is 40.2. The van der Waals surface area contributed by atoms with E-state index in [4.69, 9.17) is 4.74 Å². The van der Waals surface area contributed by atoms with Crippen LogP contribution in [0.15, 0.2) is 53.3 Å². The van der Waals surface area contributed by atoms with Crippen LogP contribution in [0.3, 0.4) is 0 Å². The summed E-state index contributed by atoms with van der Waals surface area (Å²) in [6.07, 6.45) is 1.36. The van der Waals surface area contributed by atoms with Crippen molar-refractivity contribution in [1.29, 1.82) is 0 Å². The number of halogens is 3. The molecule has 0 spiro atoms. The van der Waals surface area contributed by atoms with Gasteiger partial charge in [-0.15, -0.1) is 0 Å². The molecule has 4 aliphatic rings. The van der Waals surface area contributed by atoms with Gasteiger partial charge in [0.25, 0.3) is 11.8 Å². The molecule has 8 rings (SSSR count). The number of imidazole rings is 1. The first-order valence-electron chi connectivity index (χ1n) is 19.4. The van der Waals surface area contributed by atoms with Crippen LogP contribution in [0.2, 0.25) is 0 Å². The summed E-state index contributed by atoms with van der Waals surface area (Å²) in [5.74, 6) is -0.708. The van der Waals surface area contributed by atoms with Crippen molar-refractivity contribution in [2.24, 2.45) is 13.0 Å². The van der Waals surface area contributed by atoms with Crippen molar-refractivity contribution < 1.29 is 37.1 Å². The summed E-state index contributed by atoms with van der Waals surface area (Å²) >= 11 is 0. The van der Waals surface area contributed by atoms with E-state index in [2.05, 4.69) is 26.6 Å². The standard InChI is InChI=1S/C41H44F3N7O6/c1-48-36-27(5-3-7-31(36)51(40(48)56)32-13-14-35(52)47-38(32)54)24-15-17-49(18-16-24)21-23-9-11-26(12-10-23)50-22-25-19-30(33(57-2)20-28(25)39(50)55)46-37(53)29-6-4-8-34(45-29)41(42,43)44/h3-8,19-20,23-24,26,32H,9-18,21-22H2,1-2H3,(H,46,53)(H,47,52,54)/t23-,26-,32?. The molecule has 2 aromatic heterocycles. The average molecular weight is 788 g/mol. The van der Waals surface area contributed by atoms with Gasteiger partial charge in [-0.05, 0) is 111 Å². The van der Waals surface area contributed by atoms with E-state index in [-0.39, 0.29) is 47.3 Å². The molecule has 3 fully saturated rings. The normalized spacial score (nSPS) is 22.2. The average Bonchev–Trinajstić information content (AvgIpc) is 3.65. The lowest BCUT2D eigenvalue weighted by atomic mass is 9.83. The third-order valence-electron chi connectivity index (χ3n) is 12.2. The summed E-state index contributed by atoms with van der Waals surface area (Å²) in [6.45, 7) is 3.19. The third kappa shape index (κ3) is 7.30. The quantitative estimate of drug-likeness (QED) is 0.226. The van der Waals surface area contributed by atoms with Crippen molar-refractivity contribution in [3.8, 4) is 5.75 Å². The highest BCUT2D eigenvalue weighted by Crippen LogP contribution is 2.39. The number of imide groups is 1. The number of hydrogen-bond acceptors (Lipinski definition) is 8. The van der Waals surface area contributed by atoms with E-state index < -0.39 is 35.4 Å². The number of para-hydroxylation sites is 1. The summed E-state index contributed by atoms with van der Waals surface area (Å²) in [6, 6.07) is 11.6. The Balaban J connectivity index is 0.863. The molecule has 5 heterocycles. The van der Waals surface area contributed by atoms with Gasteiger partial charge in [0.05, 0.1) is 23.8 Å². The number of alkyl halides is 3. The van der Waals surface area contributed by atoms with Crippen LogP contribution >= 0.6 is 0 Å². The molecule has 3 aliphatic heterocycles. The minimum atomic E-state index is -4.69. The molecule has 1 atom stereocenters. The number of fused-ring (bicyclic) bond motifs is 2. The van der Waals surface area contributed by atoms with Crippen LogP contribution in [-0.4, -0.2) is 80.3 Å². The lowest BCUT2D eigenvalue weighted by molar-refractivity contribution is -0.141. The molecule has 0 bridgehead atoms. The van der Waals surface area contributed by atoms with Crippen LogP contribution in [0.1, 0.15) is 101 Å². The molecule has 2 N–H and O–H groups in total. The molecule has 1 aliphatic carbocycles. The summed E-state index contributed by atoms with van der Waals surface area (Å²) < 4.78 is 48.2. The summed E-state index contributed by atoms with van der Waals surface area (Å²) in [7, 11) is 3.14. The van der Waals surface area contributed by atoms with Gasteiger partial charge < -0.3 is 19.9 Å². The van der Waals surface area contributed by atoms with E-state index in [0.29, 0.717) is 35.5 Å². The molecule has 1 unspecified atom stereocenters. The fourth-order valence-electron chi connectivity index (χ4n) is 9.29. The first kappa shape index (κ1) is 38.4. The molecule has 0 radical (unpaired) electrons. The molecule has 16 heteroatoms. The number of aromatic nitrogens is 3. The number of hydrogen-bond donors (Lipinski definition) is 2. The maximum absolute atomic E-state index is 13.6. The molecule has 2 aromatic carbocycles. The number of nitrogens with zero attached hydrogens (tertiary/aromatic N) is 5. The number of anilines is 1. The number of aryl methyl sites for hydroxylation is 1. The maximum atomic E-state index is 13.6. The highest BCUT2D eigenvalue weighted by atomic mass is 19.4. The van der Waals surface area contributed by atoms with Gasteiger partial charge in [-0.2, -0.15) is 13.2 Å². The Hall–Kier alpha value is -5.51. The zero-order valence-electron chi connectivity index (χ0n) is 31.7. The molecular formula is C41H44F3N7O6. The van der Waals surface area contributed by atoms with Crippen LogP contribution in [0.25, 0.3) is 11.0 Å². The van der Waals surface area contributed by atoms with Gasteiger partial charge in [0.2, 0.25) is 11.8 Å². The summed E-state index contributed by atoms with van der Waals surface area (Å²) in [4.78, 5) is 72.3. The SMILES string of the molecule is COc1cc2c(cc1NC(=O)c1cccc(C(F)(F)F)n1)CN([C@H]1CC[C@H](CN3CCC(c4cccc5c4n(C)c(=O)n5C4CCC(=O)NC4=O)CC3)CC1)C2=O. The second-order valence-corrected chi connectivity index (χ2v) is 15.6. The summed E-state index contributed by atoms with van der Waals surface area (Å²) in [5.41, 5.74) is 2.28. The van der Waals surface area contributed by atoms with E-state index in [9.17, 15) is 37.1 Å². The van der Waals surface area contributed by atoms with Crippen LogP contribution in [0.4, 0.5) is 18.9 Å². The Bertz CT molecular complexity index is 2320. The number of rotatable bonds is 8. The number of pyridine rings is 1. The van der Waals surface area contributed by atoms with E-state index >= 15 is 0 Å². The zero-order valence-corrected chi connectivity index (χ0v) is 31.7. The van der Waals surface area contributed by atoms with Gasteiger partial charge >= 0.3 is 11.9 Å². The lowest BCUT2D eigenvalue weighted by Gasteiger charge is -2.38. The highest BCUT2D eigenvalue weighted by molar-refractivity contribution is 6.05. The third-order valence-corrected chi connectivity index (χ3v) is 12.2. The summed E-state index contributed by atoms with van der Waals surface area (Å²) in [5, 5.41) is 4.99. The van der Waals surface area contributed by atoms with E-state index in [1.807, 2.05) is 17.0 Å². The van der Waals surface area contributed by atoms with E-state index in [1.54, 1.807) is 28.3 Å². The topological polar surface area (TPSA) is 148 Å². The molecule has 4 aromatic rings. The number of nitrogens with one attached hydrogen (secondary N) is 2. The van der Waals surface area contributed by atoms with Crippen molar-refractivity contribution in [2.45, 2.75) is 82.1 Å². The van der Waals surface area contributed by atoms with Gasteiger partial charge in [0.15, 0.2) is 0 Å². The Kier molecular flexibility index (Phi) is 10.2. The van der Waals surface area contributed by atoms with Crippen molar-refractivity contribution >= 4 is 40.3 Å². The van der Waals surface area contributed by atoms with E-state index in [1.165, 1.54) is 13.2 Å². The first-order valence-corrected chi connectivity index (χ1v) is 19.4. The lowest BCUT2D eigenvalue weighted by Crippen LogP contribution is -2.44. The van der Waals surface area contributed by atoms with Crippen LogP contribution in [0, 0.1) is 5.92 Å². The second-order valence-electron chi connectivity index (χ2n) is 15.6. The Morgan fingerprint density at radius 1 is 0.965 bits per heavy atom. The predicted molar refractivity (Wildman–Crippen MR) is 203 cm³/mol. The van der Waals surface area contributed by atoms with Crippen molar-refractivity contribution in [1.82, 2.24) is 29.2 Å². The van der Waals surface area contributed by atoms with Gasteiger partial charge in [-0.25, -0.2) is 9.78 Å². The monoisotopic (exact) mass is 787 g/mol. The number of piperidine rings is 2. The minimum absolute atomic E-state index is 0.0600. The molecule has 2 saturated heterocycles. The Labute approximate surface area is 326 Å². The van der Waals surface area contributed by atoms with Crippen LogP contribution in [-0.2, 0) is 29.4 Å². The minimum Gasteiger partial charge on any atom is -0.495 e. The second kappa shape index (κ2) is 15.1. The largest absolute Gasteiger partial charge is 0.495 e. The smallest absolute Gasteiger partial charge is 0.433 e.